The van der Waals surface area contributed by atoms with Gasteiger partial charge in [-0.25, -0.2) is 14.0 Å². The molecule has 1 spiro atoms. The first-order valence-electron chi connectivity index (χ1n) is 13.5. The zero-order valence-electron chi connectivity index (χ0n) is 24.3. The van der Waals surface area contributed by atoms with E-state index in [1.807, 2.05) is 0 Å². The average molecular weight is 676 g/mol. The Morgan fingerprint density at radius 3 is 2.53 bits per heavy atom. The Morgan fingerprint density at radius 1 is 1.20 bits per heavy atom. The lowest BCUT2D eigenvalue weighted by Crippen LogP contribution is -2.55. The van der Waals surface area contributed by atoms with Gasteiger partial charge in [-0.15, -0.1) is 11.3 Å². The quantitative estimate of drug-likeness (QED) is 0.116. The molecule has 2 aliphatic heterocycles. The van der Waals surface area contributed by atoms with Crippen LogP contribution in [0.5, 0.6) is 5.75 Å². The third kappa shape index (κ3) is 7.81. The average Bonchev–Trinajstić information content (AvgIpc) is 3.51. The van der Waals surface area contributed by atoms with Gasteiger partial charge in [0.15, 0.2) is 11.9 Å². The van der Waals surface area contributed by atoms with Crippen molar-refractivity contribution in [2.45, 2.75) is 62.5 Å². The molecule has 0 saturated carbocycles. The van der Waals surface area contributed by atoms with Gasteiger partial charge in [-0.1, -0.05) is 17.7 Å². The second-order valence-corrected chi connectivity index (χ2v) is 14.6. The van der Waals surface area contributed by atoms with Gasteiger partial charge in [-0.2, -0.15) is 0 Å². The zero-order valence-corrected chi connectivity index (χ0v) is 26.7. The summed E-state index contributed by atoms with van der Waals surface area (Å²) in [6.45, 7) is 4.59. The predicted octanol–water partition coefficient (Wildman–Crippen LogP) is 4.51. The number of amides is 1. The normalized spacial score (nSPS) is 30.4. The number of nitro groups is 1. The highest BCUT2D eigenvalue weighted by Gasteiger charge is 2.63. The molecule has 1 unspecified atom stereocenters. The van der Waals surface area contributed by atoms with E-state index in [2.05, 4.69) is 10.3 Å². The van der Waals surface area contributed by atoms with Gasteiger partial charge in [0, 0.05) is 34.7 Å². The minimum absolute atomic E-state index is 0.0531. The molecular formula is C29H29N3O10S3. The number of hydrogen-bond donors (Lipinski definition) is 2. The molecule has 1 amide bonds. The Kier molecular flexibility index (Phi) is 10.5. The monoisotopic (exact) mass is 675 g/mol. The molecule has 1 saturated heterocycles. The number of allylic oxidation sites excluding steroid dienone is 3. The molecule has 4 rings (SSSR count). The van der Waals surface area contributed by atoms with Gasteiger partial charge in [0.2, 0.25) is 11.0 Å². The summed E-state index contributed by atoms with van der Waals surface area (Å²) in [5.41, 5.74) is -1.29. The predicted molar refractivity (Wildman–Crippen MR) is 168 cm³/mol. The van der Waals surface area contributed by atoms with E-state index in [0.717, 1.165) is 12.1 Å². The third-order valence-electron chi connectivity index (χ3n) is 7.24. The van der Waals surface area contributed by atoms with Crippen LogP contribution in [0.25, 0.3) is 6.08 Å². The van der Waals surface area contributed by atoms with Crippen molar-refractivity contribution in [2.75, 3.05) is 0 Å². The van der Waals surface area contributed by atoms with Crippen LogP contribution in [0.2, 0.25) is 0 Å². The number of fused-ring (bicyclic) bond motifs is 2. The van der Waals surface area contributed by atoms with E-state index in [9.17, 15) is 38.6 Å². The van der Waals surface area contributed by atoms with Crippen LogP contribution in [0.15, 0.2) is 59.5 Å². The van der Waals surface area contributed by atoms with Crippen molar-refractivity contribution >= 4 is 66.7 Å². The summed E-state index contributed by atoms with van der Waals surface area (Å²) in [6.07, 6.45) is 4.02. The molecule has 2 bridgehead atoms. The zero-order chi connectivity index (χ0) is 32.9. The van der Waals surface area contributed by atoms with Crippen LogP contribution in [-0.4, -0.2) is 58.6 Å². The van der Waals surface area contributed by atoms with Crippen molar-refractivity contribution in [1.82, 2.24) is 10.3 Å². The second-order valence-electron chi connectivity index (χ2n) is 10.5. The molecule has 238 valence electrons. The number of rotatable bonds is 3. The van der Waals surface area contributed by atoms with Crippen molar-refractivity contribution in [3.05, 3.63) is 80.3 Å². The molecule has 1 aromatic carbocycles. The second kappa shape index (κ2) is 14.0. The van der Waals surface area contributed by atoms with Crippen LogP contribution in [0, 0.1) is 10.1 Å². The Balaban J connectivity index is 1.65. The first kappa shape index (κ1) is 33.9. The molecule has 1 fully saturated rings. The number of carbonyl (C=O) groups is 4. The fraction of sp³-hybridized carbons (Fsp3) is 0.345. The van der Waals surface area contributed by atoms with Crippen molar-refractivity contribution in [3.8, 4) is 5.75 Å². The summed E-state index contributed by atoms with van der Waals surface area (Å²) < 4.78 is 22.1. The molecule has 5 atom stereocenters. The maximum atomic E-state index is 13.3. The highest BCUT2D eigenvalue weighted by Crippen LogP contribution is 2.50. The van der Waals surface area contributed by atoms with E-state index in [4.69, 9.17) is 9.47 Å². The number of non-ortho nitro benzene ring substituents is 1. The molecule has 16 heteroatoms. The van der Waals surface area contributed by atoms with E-state index in [0.29, 0.717) is 27.1 Å². The Labute approximate surface area is 267 Å². The molecule has 2 N–H and O–H groups in total. The number of carbonyl (C=O) groups excluding carboxylic acids is 4. The molecule has 2 aliphatic rings. The maximum absolute atomic E-state index is 13.3. The number of aliphatic hydroxyl groups is 1. The molecule has 45 heavy (non-hydrogen) atoms. The summed E-state index contributed by atoms with van der Waals surface area (Å²) >= 11 is 1.29. The molecule has 3 heterocycles. The minimum atomic E-state index is -2.10. The maximum Gasteiger partial charge on any atom is 0.514 e. The summed E-state index contributed by atoms with van der Waals surface area (Å²) in [5, 5.41) is 26.6. The number of nitrogens with one attached hydrogen (secondary N) is 1. The summed E-state index contributed by atoms with van der Waals surface area (Å²) in [5.74, 6) is -1.22. The van der Waals surface area contributed by atoms with Crippen LogP contribution < -0.4 is 10.1 Å². The fourth-order valence-corrected chi connectivity index (χ4v) is 9.33. The molecule has 0 radical (unpaired) electrons. The van der Waals surface area contributed by atoms with Crippen LogP contribution in [-0.2, 0) is 29.0 Å². The number of thiazole rings is 1. The lowest BCUT2D eigenvalue weighted by atomic mass is 9.81. The number of ketones is 1. The Morgan fingerprint density at radius 2 is 1.89 bits per heavy atom. The highest BCUT2D eigenvalue weighted by molar-refractivity contribution is 8.76. The van der Waals surface area contributed by atoms with Crippen LogP contribution >= 0.6 is 22.1 Å². The topological polar surface area (TPSA) is 192 Å². The largest absolute Gasteiger partial charge is 0.514 e. The molecular weight excluding hydrogens is 647 g/mol. The lowest BCUT2D eigenvalue weighted by Gasteiger charge is -2.36. The highest BCUT2D eigenvalue weighted by atomic mass is 33.1. The van der Waals surface area contributed by atoms with Crippen LogP contribution in [0.3, 0.4) is 0 Å². The number of ether oxygens (including phenoxy) is 2. The standard InChI is InChI=1S/C29H29N3O10S3/c1-17-12-13-29(28(3,37)26(35)44-45(29)40)15-24(34)30-18(2)25-31-19(16-43-25)6-4-5-7-22(33)23(14-17)42-27(36)41-21-10-8-20(9-11-21)32(38)39/h4-11,14,16,18,23,37H,12-13,15H2,1-3H3,(H,30,34)/b6-4-,7-5+,17-14+/t18-,23-,28+,29-,45?/m1/s1. The van der Waals surface area contributed by atoms with E-state index in [-0.39, 0.29) is 24.3 Å². The SMILES string of the molecule is C/C1=C\[C@@H](OC(=O)Oc2ccc([N+](=O)[O-])cc2)C(=O)/C=C/C=C\c2csc(n2)[C@@H](C)NC(=O)C[C@@]2(CC1)S(=O)SC(=O)[C@]2(C)O. The number of aromatic nitrogens is 1. The van der Waals surface area contributed by atoms with Gasteiger partial charge in [0.05, 0.1) is 26.5 Å². The molecule has 2 aromatic rings. The van der Waals surface area contributed by atoms with Crippen LogP contribution in [0.1, 0.15) is 56.8 Å². The van der Waals surface area contributed by atoms with Crippen molar-refractivity contribution in [2.24, 2.45) is 0 Å². The number of nitrogens with zero attached hydrogens (tertiary/aromatic N) is 2. The van der Waals surface area contributed by atoms with Crippen molar-refractivity contribution < 1.29 is 42.9 Å². The van der Waals surface area contributed by atoms with Gasteiger partial charge >= 0.3 is 6.16 Å². The smallest absolute Gasteiger partial charge is 0.418 e. The minimum Gasteiger partial charge on any atom is -0.418 e. The van der Waals surface area contributed by atoms with E-state index < -0.39 is 66.6 Å². The van der Waals surface area contributed by atoms with Gasteiger partial charge in [-0.05, 0) is 64.0 Å². The summed E-state index contributed by atoms with van der Waals surface area (Å²) in [6, 6.07) is 4.16. The van der Waals surface area contributed by atoms with E-state index in [1.54, 1.807) is 31.4 Å². The van der Waals surface area contributed by atoms with Gasteiger partial charge in [-0.3, -0.25) is 24.5 Å². The summed E-state index contributed by atoms with van der Waals surface area (Å²) in [4.78, 5) is 66.4. The van der Waals surface area contributed by atoms with E-state index >= 15 is 0 Å². The molecule has 1 aromatic heterocycles. The van der Waals surface area contributed by atoms with Crippen molar-refractivity contribution in [1.29, 1.82) is 0 Å². The van der Waals surface area contributed by atoms with Crippen molar-refractivity contribution in [3.63, 3.8) is 0 Å². The fourth-order valence-electron chi connectivity index (χ4n) is 4.59. The Bertz CT molecular complexity index is 1630. The third-order valence-corrected chi connectivity index (χ3v) is 12.2. The van der Waals surface area contributed by atoms with Crippen LogP contribution in [0.4, 0.5) is 10.5 Å². The molecule has 0 aliphatic carbocycles. The first-order chi connectivity index (χ1) is 21.2. The van der Waals surface area contributed by atoms with E-state index in [1.165, 1.54) is 48.6 Å². The van der Waals surface area contributed by atoms with Gasteiger partial charge in [0.25, 0.3) is 5.69 Å². The number of nitro benzene ring substituents is 1. The van der Waals surface area contributed by atoms with Gasteiger partial charge < -0.3 is 19.9 Å². The number of benzene rings is 1. The molecule has 13 nitrogen and oxygen atoms in total. The van der Waals surface area contributed by atoms with Gasteiger partial charge in [0.1, 0.15) is 21.1 Å². The summed E-state index contributed by atoms with van der Waals surface area (Å²) in [7, 11) is -1.51. The first-order valence-corrected chi connectivity index (χ1v) is 16.9. The lowest BCUT2D eigenvalue weighted by molar-refractivity contribution is -0.384. The Hall–Kier alpha value is -3.99. The number of hydrogen-bond acceptors (Lipinski definition) is 13.